The summed E-state index contributed by atoms with van der Waals surface area (Å²) in [5.74, 6) is 0. The Kier molecular flexibility index (Phi) is 5.02. The van der Waals surface area contributed by atoms with E-state index in [0.717, 1.165) is 11.3 Å². The van der Waals surface area contributed by atoms with Gasteiger partial charge in [0.15, 0.2) is 0 Å². The molecule has 0 aliphatic rings. The number of hydrogen-bond acceptors (Lipinski definition) is 2. The van der Waals surface area contributed by atoms with Gasteiger partial charge < -0.3 is 5.32 Å². The fourth-order valence-electron chi connectivity index (χ4n) is 1.58. The van der Waals surface area contributed by atoms with Crippen molar-refractivity contribution in [3.05, 3.63) is 29.3 Å². The van der Waals surface area contributed by atoms with Gasteiger partial charge in [-0.25, -0.2) is 0 Å². The van der Waals surface area contributed by atoms with Crippen molar-refractivity contribution in [1.29, 1.82) is 5.26 Å². The van der Waals surface area contributed by atoms with Crippen LogP contribution >= 0.6 is 0 Å². The maximum atomic E-state index is 11.9. The van der Waals surface area contributed by atoms with Crippen LogP contribution in [0.25, 0.3) is 0 Å². The number of alkyl halides is 3. The van der Waals surface area contributed by atoms with E-state index >= 15 is 0 Å². The average Bonchev–Trinajstić information content (AvgIpc) is 2.27. The molecule has 5 heteroatoms. The Bertz CT molecular complexity index is 433. The molecule has 1 rings (SSSR count). The van der Waals surface area contributed by atoms with Gasteiger partial charge in [0.05, 0.1) is 11.6 Å². The van der Waals surface area contributed by atoms with Gasteiger partial charge in [0.1, 0.15) is 0 Å². The van der Waals surface area contributed by atoms with E-state index in [0.29, 0.717) is 18.5 Å². The third kappa shape index (κ3) is 5.09. The van der Waals surface area contributed by atoms with Gasteiger partial charge in [-0.3, -0.25) is 0 Å². The smallest absolute Gasteiger partial charge is 0.385 e. The zero-order valence-electron chi connectivity index (χ0n) is 10.1. The highest BCUT2D eigenvalue weighted by Crippen LogP contribution is 2.22. The molecule has 1 aromatic carbocycles. The van der Waals surface area contributed by atoms with Crippen molar-refractivity contribution in [2.24, 2.45) is 0 Å². The number of anilines is 1. The lowest BCUT2D eigenvalue weighted by Gasteiger charge is -2.09. The first kappa shape index (κ1) is 14.4. The molecule has 0 aliphatic carbocycles. The first-order valence-electron chi connectivity index (χ1n) is 5.74. The standard InChI is InChI=1S/C13H15F3N2/c1-10-8-12(5-4-11(10)9-17)18-7-3-2-6-13(14,15)16/h4-5,8,18H,2-3,6-7H2,1H3. The number of benzene rings is 1. The molecule has 1 aromatic rings. The fourth-order valence-corrected chi connectivity index (χ4v) is 1.58. The Morgan fingerprint density at radius 3 is 2.56 bits per heavy atom. The predicted molar refractivity (Wildman–Crippen MR) is 64.3 cm³/mol. The van der Waals surface area contributed by atoms with Crippen molar-refractivity contribution in [1.82, 2.24) is 0 Å². The van der Waals surface area contributed by atoms with Gasteiger partial charge >= 0.3 is 6.18 Å². The summed E-state index contributed by atoms with van der Waals surface area (Å²) in [5.41, 5.74) is 2.30. The summed E-state index contributed by atoms with van der Waals surface area (Å²) in [6.07, 6.45) is -4.20. The number of hydrogen-bond donors (Lipinski definition) is 1. The Balaban J connectivity index is 2.32. The number of unbranched alkanes of at least 4 members (excludes halogenated alkanes) is 1. The lowest BCUT2D eigenvalue weighted by Crippen LogP contribution is -2.08. The molecule has 0 amide bonds. The number of nitriles is 1. The van der Waals surface area contributed by atoms with Crippen molar-refractivity contribution in [2.45, 2.75) is 32.4 Å². The third-order valence-corrected chi connectivity index (χ3v) is 2.56. The van der Waals surface area contributed by atoms with E-state index in [4.69, 9.17) is 5.26 Å². The summed E-state index contributed by atoms with van der Waals surface area (Å²) in [7, 11) is 0. The lowest BCUT2D eigenvalue weighted by molar-refractivity contribution is -0.135. The third-order valence-electron chi connectivity index (χ3n) is 2.56. The molecule has 0 spiro atoms. The molecule has 0 bridgehead atoms. The van der Waals surface area contributed by atoms with Crippen molar-refractivity contribution in [2.75, 3.05) is 11.9 Å². The Labute approximate surface area is 104 Å². The quantitative estimate of drug-likeness (QED) is 0.808. The van der Waals surface area contributed by atoms with E-state index in [1.54, 1.807) is 12.1 Å². The second-order valence-electron chi connectivity index (χ2n) is 4.14. The summed E-state index contributed by atoms with van der Waals surface area (Å²) in [4.78, 5) is 0. The highest BCUT2D eigenvalue weighted by atomic mass is 19.4. The molecule has 0 saturated heterocycles. The van der Waals surface area contributed by atoms with Gasteiger partial charge in [-0.05, 0) is 43.5 Å². The van der Waals surface area contributed by atoms with Crippen LogP contribution in [-0.4, -0.2) is 12.7 Å². The molecule has 0 saturated carbocycles. The molecule has 98 valence electrons. The molecule has 0 atom stereocenters. The minimum atomic E-state index is -4.06. The number of nitrogens with zero attached hydrogens (tertiary/aromatic N) is 1. The monoisotopic (exact) mass is 256 g/mol. The van der Waals surface area contributed by atoms with Crippen LogP contribution < -0.4 is 5.32 Å². The number of halogens is 3. The zero-order chi connectivity index (χ0) is 13.6. The van der Waals surface area contributed by atoms with E-state index in [9.17, 15) is 13.2 Å². The number of nitrogens with one attached hydrogen (secondary N) is 1. The van der Waals surface area contributed by atoms with Crippen LogP contribution in [0.5, 0.6) is 0 Å². The van der Waals surface area contributed by atoms with Gasteiger partial charge in [0.25, 0.3) is 0 Å². The zero-order valence-corrected chi connectivity index (χ0v) is 10.1. The van der Waals surface area contributed by atoms with Crippen LogP contribution in [0.1, 0.15) is 30.4 Å². The molecule has 2 nitrogen and oxygen atoms in total. The Morgan fingerprint density at radius 2 is 2.00 bits per heavy atom. The first-order chi connectivity index (χ1) is 8.42. The van der Waals surface area contributed by atoms with Crippen LogP contribution in [0.3, 0.4) is 0 Å². The highest BCUT2D eigenvalue weighted by molar-refractivity contribution is 5.51. The lowest BCUT2D eigenvalue weighted by atomic mass is 10.1. The van der Waals surface area contributed by atoms with Crippen LogP contribution in [0.2, 0.25) is 0 Å². The minimum absolute atomic E-state index is 0.131. The largest absolute Gasteiger partial charge is 0.389 e. The van der Waals surface area contributed by atoms with Gasteiger partial charge in [-0.1, -0.05) is 0 Å². The normalized spacial score (nSPS) is 11.1. The molecule has 0 aromatic heterocycles. The topological polar surface area (TPSA) is 35.8 Å². The molecule has 0 fully saturated rings. The fraction of sp³-hybridized carbons (Fsp3) is 0.462. The maximum absolute atomic E-state index is 11.9. The van der Waals surface area contributed by atoms with Gasteiger partial charge in [0.2, 0.25) is 0 Å². The number of rotatable bonds is 5. The number of aryl methyl sites for hydroxylation is 1. The summed E-state index contributed by atoms with van der Waals surface area (Å²) in [5, 5.41) is 11.8. The van der Waals surface area contributed by atoms with Crippen molar-refractivity contribution < 1.29 is 13.2 Å². The van der Waals surface area contributed by atoms with Crippen LogP contribution in [0.4, 0.5) is 18.9 Å². The van der Waals surface area contributed by atoms with Gasteiger partial charge in [0, 0.05) is 18.7 Å². The molecular formula is C13H15F3N2. The second-order valence-corrected chi connectivity index (χ2v) is 4.14. The molecule has 0 aliphatic heterocycles. The molecule has 1 N–H and O–H groups in total. The first-order valence-corrected chi connectivity index (χ1v) is 5.74. The van der Waals surface area contributed by atoms with E-state index in [1.165, 1.54) is 0 Å². The van der Waals surface area contributed by atoms with E-state index in [1.807, 2.05) is 13.0 Å². The van der Waals surface area contributed by atoms with Crippen molar-refractivity contribution in [3.63, 3.8) is 0 Å². The maximum Gasteiger partial charge on any atom is 0.389 e. The molecule has 0 heterocycles. The van der Waals surface area contributed by atoms with Crippen LogP contribution in [0, 0.1) is 18.3 Å². The average molecular weight is 256 g/mol. The van der Waals surface area contributed by atoms with Gasteiger partial charge in [-0.15, -0.1) is 0 Å². The van der Waals surface area contributed by atoms with Crippen molar-refractivity contribution >= 4 is 5.69 Å². The predicted octanol–water partition coefficient (Wildman–Crippen LogP) is 4.01. The van der Waals surface area contributed by atoms with Crippen LogP contribution in [-0.2, 0) is 0 Å². The van der Waals surface area contributed by atoms with Crippen molar-refractivity contribution in [3.8, 4) is 6.07 Å². The Hall–Kier alpha value is -1.70. The minimum Gasteiger partial charge on any atom is -0.385 e. The molecular weight excluding hydrogens is 241 g/mol. The molecule has 0 radical (unpaired) electrons. The summed E-state index contributed by atoms with van der Waals surface area (Å²) in [6.45, 7) is 2.33. The summed E-state index contributed by atoms with van der Waals surface area (Å²) in [6, 6.07) is 7.35. The molecule has 0 unspecified atom stereocenters. The van der Waals surface area contributed by atoms with Gasteiger partial charge in [-0.2, -0.15) is 18.4 Å². The van der Waals surface area contributed by atoms with E-state index in [2.05, 4.69) is 11.4 Å². The summed E-state index contributed by atoms with van der Waals surface area (Å²) < 4.78 is 35.7. The van der Waals surface area contributed by atoms with E-state index < -0.39 is 12.6 Å². The Morgan fingerprint density at radius 1 is 1.28 bits per heavy atom. The highest BCUT2D eigenvalue weighted by Gasteiger charge is 2.25. The molecule has 18 heavy (non-hydrogen) atoms. The van der Waals surface area contributed by atoms with Crippen LogP contribution in [0.15, 0.2) is 18.2 Å². The summed E-state index contributed by atoms with van der Waals surface area (Å²) >= 11 is 0. The second kappa shape index (κ2) is 6.29. The SMILES string of the molecule is Cc1cc(NCCCCC(F)(F)F)ccc1C#N. The van der Waals surface area contributed by atoms with E-state index in [-0.39, 0.29) is 6.42 Å².